The number of methoxy groups -OCH3 is 1. The Labute approximate surface area is 126 Å². The molecule has 2 aromatic rings. The van der Waals surface area contributed by atoms with Gasteiger partial charge in [0.1, 0.15) is 5.75 Å². The molecule has 1 N–H and O–H groups in total. The summed E-state index contributed by atoms with van der Waals surface area (Å²) in [6.45, 7) is 3.13. The summed E-state index contributed by atoms with van der Waals surface area (Å²) in [5.74, 6) is 0.788. The van der Waals surface area contributed by atoms with E-state index in [1.807, 2.05) is 12.3 Å². The van der Waals surface area contributed by atoms with Gasteiger partial charge in [0.2, 0.25) is 0 Å². The first-order chi connectivity index (χ1) is 9.24. The molecule has 5 heteroatoms. The van der Waals surface area contributed by atoms with Crippen LogP contribution in [0, 0.1) is 0 Å². The molecule has 19 heavy (non-hydrogen) atoms. The molecule has 0 saturated carbocycles. The molecule has 0 aromatic carbocycles. The van der Waals surface area contributed by atoms with Gasteiger partial charge in [-0.1, -0.05) is 6.92 Å². The maximum absolute atomic E-state index is 5.25. The summed E-state index contributed by atoms with van der Waals surface area (Å²) in [6, 6.07) is 4.35. The summed E-state index contributed by atoms with van der Waals surface area (Å²) in [5.41, 5.74) is 1.13. The summed E-state index contributed by atoms with van der Waals surface area (Å²) in [6.07, 6.45) is 4.72. The average molecular weight is 341 g/mol. The second-order valence-corrected chi connectivity index (χ2v) is 6.07. The molecular formula is C14H17BrN2OS. The molecule has 0 spiro atoms. The third-order valence-electron chi connectivity index (χ3n) is 2.77. The Bertz CT molecular complexity index is 530. The van der Waals surface area contributed by atoms with Crippen molar-refractivity contribution >= 4 is 27.3 Å². The Morgan fingerprint density at radius 3 is 2.89 bits per heavy atom. The number of hydrogen-bond acceptors (Lipinski definition) is 4. The molecule has 0 saturated heterocycles. The molecule has 0 amide bonds. The first kappa shape index (κ1) is 14.5. The van der Waals surface area contributed by atoms with Crippen LogP contribution >= 0.6 is 27.3 Å². The molecule has 3 nitrogen and oxygen atoms in total. The van der Waals surface area contributed by atoms with E-state index in [-0.39, 0.29) is 6.04 Å². The van der Waals surface area contributed by atoms with Gasteiger partial charge >= 0.3 is 0 Å². The van der Waals surface area contributed by atoms with Crippen molar-refractivity contribution in [2.45, 2.75) is 19.4 Å². The molecule has 0 aliphatic heterocycles. The number of rotatable bonds is 6. The molecule has 0 fully saturated rings. The predicted octanol–water partition coefficient (Wildman–Crippen LogP) is 4.00. The lowest BCUT2D eigenvalue weighted by Gasteiger charge is -2.17. The van der Waals surface area contributed by atoms with Gasteiger partial charge in [-0.2, -0.15) is 0 Å². The fourth-order valence-electron chi connectivity index (χ4n) is 1.86. The molecule has 2 rings (SSSR count). The highest BCUT2D eigenvalue weighted by molar-refractivity contribution is 9.10. The number of hydrogen-bond donors (Lipinski definition) is 1. The highest BCUT2D eigenvalue weighted by atomic mass is 79.9. The molecule has 0 aliphatic rings. The van der Waals surface area contributed by atoms with E-state index in [9.17, 15) is 0 Å². The Kier molecular flexibility index (Phi) is 5.36. The van der Waals surface area contributed by atoms with Crippen molar-refractivity contribution in [3.63, 3.8) is 0 Å². The molecule has 0 radical (unpaired) electrons. The van der Waals surface area contributed by atoms with Crippen LogP contribution in [0.5, 0.6) is 5.75 Å². The number of aromatic nitrogens is 1. The molecule has 2 aromatic heterocycles. The highest BCUT2D eigenvalue weighted by Gasteiger charge is 2.16. The summed E-state index contributed by atoms with van der Waals surface area (Å²) in [4.78, 5) is 5.52. The monoisotopic (exact) mass is 340 g/mol. The second-order valence-electron chi connectivity index (χ2n) is 4.21. The maximum atomic E-state index is 5.25. The Hall–Kier alpha value is -0.910. The Balaban J connectivity index is 2.30. The zero-order chi connectivity index (χ0) is 13.7. The summed E-state index contributed by atoms with van der Waals surface area (Å²) in [7, 11) is 1.66. The van der Waals surface area contributed by atoms with Gasteiger partial charge in [-0.3, -0.25) is 4.98 Å². The minimum absolute atomic E-state index is 0.166. The smallest absolute Gasteiger partial charge is 0.137 e. The van der Waals surface area contributed by atoms with Gasteiger partial charge in [0.05, 0.1) is 19.3 Å². The lowest BCUT2D eigenvalue weighted by molar-refractivity contribution is 0.411. The van der Waals surface area contributed by atoms with Crippen molar-refractivity contribution in [1.29, 1.82) is 0 Å². The van der Waals surface area contributed by atoms with Gasteiger partial charge in [-0.05, 0) is 46.6 Å². The summed E-state index contributed by atoms with van der Waals surface area (Å²) >= 11 is 5.25. The van der Waals surface area contributed by atoms with Crippen LogP contribution in [0.25, 0.3) is 0 Å². The number of halogens is 1. The van der Waals surface area contributed by atoms with Crippen LogP contribution in [0.4, 0.5) is 0 Å². The standard InChI is InChI=1S/C14H17BrN2OS/c1-3-4-17-14(13-6-11(15)9-19-13)10-5-12(18-2)8-16-7-10/h5-9,14,17H,3-4H2,1-2H3. The first-order valence-corrected chi connectivity index (χ1v) is 7.88. The normalized spacial score (nSPS) is 12.4. The van der Waals surface area contributed by atoms with Crippen LogP contribution in [-0.2, 0) is 0 Å². The SMILES string of the molecule is CCCNC(c1cncc(OC)c1)c1cc(Br)cs1. The molecule has 102 valence electrons. The third-order valence-corrected chi connectivity index (χ3v) is 4.53. The van der Waals surface area contributed by atoms with Crippen LogP contribution < -0.4 is 10.1 Å². The van der Waals surface area contributed by atoms with Gasteiger partial charge < -0.3 is 10.1 Å². The van der Waals surface area contributed by atoms with Crippen LogP contribution in [0.2, 0.25) is 0 Å². The molecule has 0 bridgehead atoms. The van der Waals surface area contributed by atoms with Crippen LogP contribution in [0.3, 0.4) is 0 Å². The predicted molar refractivity (Wildman–Crippen MR) is 82.9 cm³/mol. The van der Waals surface area contributed by atoms with Crippen molar-refractivity contribution < 1.29 is 4.74 Å². The number of pyridine rings is 1. The van der Waals surface area contributed by atoms with E-state index >= 15 is 0 Å². The molecule has 0 aliphatic carbocycles. The lowest BCUT2D eigenvalue weighted by atomic mass is 10.1. The van der Waals surface area contributed by atoms with Gasteiger partial charge in [-0.15, -0.1) is 11.3 Å². The van der Waals surface area contributed by atoms with E-state index in [1.165, 1.54) is 4.88 Å². The van der Waals surface area contributed by atoms with Crippen molar-refractivity contribution in [3.8, 4) is 5.75 Å². The van der Waals surface area contributed by atoms with Crippen LogP contribution in [0.1, 0.15) is 29.8 Å². The molecule has 1 atom stereocenters. The van der Waals surface area contributed by atoms with Crippen LogP contribution in [-0.4, -0.2) is 18.6 Å². The van der Waals surface area contributed by atoms with E-state index in [1.54, 1.807) is 24.6 Å². The number of ether oxygens (including phenoxy) is 1. The van der Waals surface area contributed by atoms with E-state index in [0.717, 1.165) is 28.8 Å². The quantitative estimate of drug-likeness (QED) is 0.862. The summed E-state index contributed by atoms with van der Waals surface area (Å²) < 4.78 is 6.37. The largest absolute Gasteiger partial charge is 0.495 e. The number of nitrogens with zero attached hydrogens (tertiary/aromatic N) is 1. The minimum atomic E-state index is 0.166. The van der Waals surface area contributed by atoms with E-state index < -0.39 is 0 Å². The van der Waals surface area contributed by atoms with Gasteiger partial charge in [0.15, 0.2) is 0 Å². The molecular weight excluding hydrogens is 324 g/mol. The van der Waals surface area contributed by atoms with Gasteiger partial charge in [-0.25, -0.2) is 0 Å². The number of nitrogens with one attached hydrogen (secondary N) is 1. The Morgan fingerprint density at radius 2 is 2.26 bits per heavy atom. The number of thiophene rings is 1. The maximum Gasteiger partial charge on any atom is 0.137 e. The summed E-state index contributed by atoms with van der Waals surface area (Å²) in [5, 5.41) is 5.66. The van der Waals surface area contributed by atoms with Gasteiger partial charge in [0.25, 0.3) is 0 Å². The first-order valence-electron chi connectivity index (χ1n) is 6.20. The minimum Gasteiger partial charge on any atom is -0.495 e. The Morgan fingerprint density at radius 1 is 1.42 bits per heavy atom. The van der Waals surface area contributed by atoms with Crippen molar-refractivity contribution in [3.05, 3.63) is 44.8 Å². The highest BCUT2D eigenvalue weighted by Crippen LogP contribution is 2.31. The van der Waals surface area contributed by atoms with Gasteiger partial charge in [0, 0.05) is 20.9 Å². The average Bonchev–Trinajstić information content (AvgIpc) is 2.86. The topological polar surface area (TPSA) is 34.2 Å². The van der Waals surface area contributed by atoms with E-state index in [2.05, 4.69) is 44.6 Å². The van der Waals surface area contributed by atoms with E-state index in [4.69, 9.17) is 4.74 Å². The second kappa shape index (κ2) is 7.03. The molecule has 2 heterocycles. The fourth-order valence-corrected chi connectivity index (χ4v) is 3.40. The third kappa shape index (κ3) is 3.78. The lowest BCUT2D eigenvalue weighted by Crippen LogP contribution is -2.22. The van der Waals surface area contributed by atoms with Crippen molar-refractivity contribution in [2.75, 3.05) is 13.7 Å². The van der Waals surface area contributed by atoms with Crippen LogP contribution in [0.15, 0.2) is 34.4 Å². The van der Waals surface area contributed by atoms with Crippen molar-refractivity contribution in [2.24, 2.45) is 0 Å². The van der Waals surface area contributed by atoms with E-state index in [0.29, 0.717) is 0 Å². The fraction of sp³-hybridized carbons (Fsp3) is 0.357. The zero-order valence-corrected chi connectivity index (χ0v) is 13.4. The van der Waals surface area contributed by atoms with Crippen molar-refractivity contribution in [1.82, 2.24) is 10.3 Å². The molecule has 1 unspecified atom stereocenters. The zero-order valence-electron chi connectivity index (χ0n) is 11.0.